The quantitative estimate of drug-likeness (QED) is 0.438. The van der Waals surface area contributed by atoms with Crippen LogP contribution < -0.4 is 16.6 Å². The van der Waals surface area contributed by atoms with E-state index < -0.39 is 0 Å². The Hall–Kier alpha value is -0.740. The number of rotatable bonds is 1. The largest absolute Gasteiger partial charge is 0.397 e. The van der Waals surface area contributed by atoms with E-state index in [4.69, 9.17) is 11.6 Å². The summed E-state index contributed by atoms with van der Waals surface area (Å²) >= 11 is 3.40. The Labute approximate surface area is 80.4 Å². The van der Waals surface area contributed by atoms with Gasteiger partial charge in [0.05, 0.1) is 11.4 Å². The minimum absolute atomic E-state index is 0.687. The monoisotopic (exact) mass is 229 g/mol. The number of aryl methyl sites for hydroxylation is 1. The Morgan fingerprint density at radius 3 is 2.42 bits per heavy atom. The lowest BCUT2D eigenvalue weighted by Crippen LogP contribution is -2.26. The van der Waals surface area contributed by atoms with Crippen molar-refractivity contribution < 1.29 is 0 Å². The summed E-state index contributed by atoms with van der Waals surface area (Å²) in [5, 5.41) is 1.50. The number of hydrogen-bond donors (Lipinski definition) is 2. The highest BCUT2D eigenvalue weighted by Gasteiger charge is 2.07. The van der Waals surface area contributed by atoms with E-state index in [-0.39, 0.29) is 0 Å². The number of hydrogen-bond acceptors (Lipinski definition) is 3. The van der Waals surface area contributed by atoms with Crippen LogP contribution >= 0.6 is 15.9 Å². The van der Waals surface area contributed by atoms with Gasteiger partial charge in [-0.1, -0.05) is 0 Å². The average molecular weight is 230 g/mol. The van der Waals surface area contributed by atoms with Gasteiger partial charge in [-0.25, -0.2) is 5.84 Å². The van der Waals surface area contributed by atoms with Gasteiger partial charge in [0.25, 0.3) is 0 Å². The SMILES string of the molecule is Cc1cc(N)c(N(C)N)c(Br)c1. The maximum absolute atomic E-state index is 5.77. The zero-order valence-corrected chi connectivity index (χ0v) is 8.72. The number of nitrogen functional groups attached to an aromatic ring is 1. The predicted molar refractivity (Wildman–Crippen MR) is 55.9 cm³/mol. The van der Waals surface area contributed by atoms with Crippen LogP contribution in [0.15, 0.2) is 16.6 Å². The highest BCUT2D eigenvalue weighted by atomic mass is 79.9. The zero-order valence-electron chi connectivity index (χ0n) is 7.13. The van der Waals surface area contributed by atoms with E-state index in [0.717, 1.165) is 15.7 Å². The molecule has 1 aromatic carbocycles. The van der Waals surface area contributed by atoms with Gasteiger partial charge in [0.1, 0.15) is 0 Å². The first kappa shape index (κ1) is 9.35. The molecule has 0 saturated carbocycles. The van der Waals surface area contributed by atoms with Gasteiger partial charge in [-0.2, -0.15) is 0 Å². The van der Waals surface area contributed by atoms with E-state index in [1.54, 1.807) is 7.05 Å². The molecule has 4 N–H and O–H groups in total. The Bertz CT molecular complexity index is 273. The van der Waals surface area contributed by atoms with Crippen molar-refractivity contribution in [3.05, 3.63) is 22.2 Å². The molecule has 0 aliphatic carbocycles. The van der Waals surface area contributed by atoms with E-state index >= 15 is 0 Å². The third-order valence-electron chi connectivity index (χ3n) is 1.59. The van der Waals surface area contributed by atoms with Gasteiger partial charge in [-0.15, -0.1) is 0 Å². The van der Waals surface area contributed by atoms with E-state index in [2.05, 4.69) is 15.9 Å². The first-order valence-corrected chi connectivity index (χ1v) is 4.35. The fraction of sp³-hybridized carbons (Fsp3) is 0.250. The van der Waals surface area contributed by atoms with Gasteiger partial charge in [0, 0.05) is 11.5 Å². The second kappa shape index (κ2) is 3.33. The number of nitrogens with two attached hydrogens (primary N) is 2. The summed E-state index contributed by atoms with van der Waals surface area (Å²) in [6.07, 6.45) is 0. The molecule has 0 saturated heterocycles. The molecule has 0 bridgehead atoms. The Kier molecular flexibility index (Phi) is 2.59. The average Bonchev–Trinajstić information content (AvgIpc) is 1.82. The van der Waals surface area contributed by atoms with Crippen molar-refractivity contribution in [3.8, 4) is 0 Å². The summed E-state index contributed by atoms with van der Waals surface area (Å²) in [6, 6.07) is 3.87. The van der Waals surface area contributed by atoms with E-state index in [9.17, 15) is 0 Å². The van der Waals surface area contributed by atoms with Crippen molar-refractivity contribution in [3.63, 3.8) is 0 Å². The van der Waals surface area contributed by atoms with Crippen molar-refractivity contribution in [1.29, 1.82) is 0 Å². The number of hydrazine groups is 1. The van der Waals surface area contributed by atoms with Gasteiger partial charge >= 0.3 is 0 Å². The minimum Gasteiger partial charge on any atom is -0.397 e. The Morgan fingerprint density at radius 1 is 1.42 bits per heavy atom. The maximum Gasteiger partial charge on any atom is 0.0886 e. The molecule has 0 aromatic heterocycles. The van der Waals surface area contributed by atoms with Gasteiger partial charge in [0.2, 0.25) is 0 Å². The zero-order chi connectivity index (χ0) is 9.30. The third kappa shape index (κ3) is 1.70. The standard InChI is InChI=1S/C8H12BrN3/c1-5-3-6(9)8(12(2)11)7(10)4-5/h3-4H,10-11H2,1-2H3. The molecule has 0 aliphatic heterocycles. The van der Waals surface area contributed by atoms with Crippen LogP contribution in [-0.2, 0) is 0 Å². The fourth-order valence-electron chi connectivity index (χ4n) is 1.13. The molecular weight excluding hydrogens is 218 g/mol. The highest BCUT2D eigenvalue weighted by molar-refractivity contribution is 9.10. The summed E-state index contributed by atoms with van der Waals surface area (Å²) in [4.78, 5) is 0. The molecule has 0 aliphatic rings. The molecule has 1 aromatic rings. The number of benzene rings is 1. The summed E-state index contributed by atoms with van der Waals surface area (Å²) in [5.74, 6) is 5.59. The van der Waals surface area contributed by atoms with Crippen LogP contribution in [0.1, 0.15) is 5.56 Å². The van der Waals surface area contributed by atoms with Crippen LogP contribution in [-0.4, -0.2) is 7.05 Å². The van der Waals surface area contributed by atoms with Crippen molar-refractivity contribution in [2.45, 2.75) is 6.92 Å². The van der Waals surface area contributed by atoms with Gasteiger partial charge in [-0.3, -0.25) is 0 Å². The van der Waals surface area contributed by atoms with Crippen molar-refractivity contribution in [2.24, 2.45) is 5.84 Å². The molecule has 0 heterocycles. The third-order valence-corrected chi connectivity index (χ3v) is 2.19. The fourth-order valence-corrected chi connectivity index (χ4v) is 2.00. The molecule has 66 valence electrons. The second-order valence-electron chi connectivity index (χ2n) is 2.80. The van der Waals surface area contributed by atoms with Crippen LogP contribution in [0, 0.1) is 6.92 Å². The summed E-state index contributed by atoms with van der Waals surface area (Å²) in [5.41, 5.74) is 8.39. The molecule has 4 heteroatoms. The highest BCUT2D eigenvalue weighted by Crippen LogP contribution is 2.31. The van der Waals surface area contributed by atoms with Gasteiger partial charge < -0.3 is 10.7 Å². The Balaban J connectivity index is 3.28. The van der Waals surface area contributed by atoms with E-state index in [1.165, 1.54) is 5.01 Å². The second-order valence-corrected chi connectivity index (χ2v) is 3.65. The molecule has 0 amide bonds. The van der Waals surface area contributed by atoms with Gasteiger partial charge in [-0.05, 0) is 40.5 Å². The lowest BCUT2D eigenvalue weighted by atomic mass is 10.2. The molecule has 12 heavy (non-hydrogen) atoms. The van der Waals surface area contributed by atoms with Crippen LogP contribution in [0.3, 0.4) is 0 Å². The molecule has 0 fully saturated rings. The van der Waals surface area contributed by atoms with Crippen molar-refractivity contribution in [1.82, 2.24) is 0 Å². The normalized spacial score (nSPS) is 10.0. The lowest BCUT2D eigenvalue weighted by molar-refractivity contribution is 1.01. The maximum atomic E-state index is 5.77. The predicted octanol–water partition coefficient (Wildman–Crippen LogP) is 1.65. The number of nitrogens with zero attached hydrogens (tertiary/aromatic N) is 1. The topological polar surface area (TPSA) is 55.3 Å². The molecule has 0 atom stereocenters. The molecule has 0 radical (unpaired) electrons. The first-order chi connectivity index (χ1) is 5.52. The lowest BCUT2D eigenvalue weighted by Gasteiger charge is -2.17. The molecule has 1 rings (SSSR count). The van der Waals surface area contributed by atoms with Crippen molar-refractivity contribution in [2.75, 3.05) is 17.8 Å². The van der Waals surface area contributed by atoms with E-state index in [1.807, 2.05) is 19.1 Å². The smallest absolute Gasteiger partial charge is 0.0886 e. The van der Waals surface area contributed by atoms with Gasteiger partial charge in [0.15, 0.2) is 0 Å². The molecule has 0 spiro atoms. The van der Waals surface area contributed by atoms with Crippen LogP contribution in [0.2, 0.25) is 0 Å². The van der Waals surface area contributed by atoms with Crippen LogP contribution in [0.25, 0.3) is 0 Å². The summed E-state index contributed by atoms with van der Waals surface area (Å²) < 4.78 is 0.921. The van der Waals surface area contributed by atoms with Crippen molar-refractivity contribution >= 4 is 27.3 Å². The summed E-state index contributed by atoms with van der Waals surface area (Å²) in [6.45, 7) is 1.99. The number of anilines is 2. The van der Waals surface area contributed by atoms with E-state index in [0.29, 0.717) is 5.69 Å². The summed E-state index contributed by atoms with van der Waals surface area (Å²) in [7, 11) is 1.76. The first-order valence-electron chi connectivity index (χ1n) is 3.56. The van der Waals surface area contributed by atoms with Crippen LogP contribution in [0.5, 0.6) is 0 Å². The minimum atomic E-state index is 0.687. The molecule has 3 nitrogen and oxygen atoms in total. The Morgan fingerprint density at radius 2 is 2.00 bits per heavy atom. The van der Waals surface area contributed by atoms with Crippen LogP contribution in [0.4, 0.5) is 11.4 Å². The number of halogens is 1. The molecule has 0 unspecified atom stereocenters. The molecular formula is C8H12BrN3.